The summed E-state index contributed by atoms with van der Waals surface area (Å²) in [6, 6.07) is 8.36. The van der Waals surface area contributed by atoms with Gasteiger partial charge in [0.25, 0.3) is 11.8 Å². The van der Waals surface area contributed by atoms with E-state index >= 15 is 0 Å². The topological polar surface area (TPSA) is 70.6 Å². The number of carbonyl (C=O) groups is 2. The molecule has 2 amide bonds. The summed E-state index contributed by atoms with van der Waals surface area (Å²) in [5.41, 5.74) is 4.21. The van der Waals surface area contributed by atoms with Gasteiger partial charge in [-0.1, -0.05) is 18.2 Å². The third kappa shape index (κ3) is 5.71. The maximum absolute atomic E-state index is 12.3. The maximum Gasteiger partial charge on any atom is 0.262 e. The number of hydrazone groups is 1. The van der Waals surface area contributed by atoms with Crippen molar-refractivity contribution in [3.8, 4) is 0 Å². The molecule has 0 spiro atoms. The van der Waals surface area contributed by atoms with Crippen LogP contribution < -0.4 is 10.7 Å². The highest BCUT2D eigenvalue weighted by Gasteiger charge is 2.21. The van der Waals surface area contributed by atoms with Crippen molar-refractivity contribution < 1.29 is 9.59 Å². The van der Waals surface area contributed by atoms with Crippen LogP contribution in [0.25, 0.3) is 0 Å². The van der Waals surface area contributed by atoms with Crippen molar-refractivity contribution in [3.05, 3.63) is 35.9 Å². The molecule has 23 heavy (non-hydrogen) atoms. The summed E-state index contributed by atoms with van der Waals surface area (Å²) in [5.74, 6) is 0.312. The monoisotopic (exact) mass is 333 g/mol. The molecule has 124 valence electrons. The lowest BCUT2D eigenvalue weighted by Gasteiger charge is -2.17. The molecule has 0 aromatic heterocycles. The van der Waals surface area contributed by atoms with Gasteiger partial charge >= 0.3 is 0 Å². The Kier molecular flexibility index (Phi) is 7.13. The van der Waals surface area contributed by atoms with Crippen molar-refractivity contribution >= 4 is 29.3 Å². The fourth-order valence-electron chi connectivity index (χ4n) is 2.44. The molecule has 6 heteroatoms. The van der Waals surface area contributed by atoms with Crippen molar-refractivity contribution in [1.29, 1.82) is 0 Å². The minimum Gasteiger partial charge on any atom is -0.340 e. The summed E-state index contributed by atoms with van der Waals surface area (Å²) >= 11 is 1.65. The first kappa shape index (κ1) is 17.5. The minimum atomic E-state index is -0.569. The van der Waals surface area contributed by atoms with Gasteiger partial charge in [-0.3, -0.25) is 9.59 Å². The van der Waals surface area contributed by atoms with Gasteiger partial charge in [0.05, 0.1) is 0 Å². The number of nitrogens with zero attached hydrogens (tertiary/aromatic N) is 1. The average Bonchev–Trinajstić information content (AvgIpc) is 3.10. The number of carbonyl (C=O) groups excluding carboxylic acids is 2. The molecule has 1 aliphatic rings. The van der Waals surface area contributed by atoms with E-state index in [-0.39, 0.29) is 11.8 Å². The molecule has 1 atom stereocenters. The SMILES string of the molecule is CSCC[C@H](NC(=O)c1ccccc1)C(=O)NN=C1CCCC1. The molecule has 0 heterocycles. The van der Waals surface area contributed by atoms with Crippen molar-refractivity contribution in [1.82, 2.24) is 10.7 Å². The lowest BCUT2D eigenvalue weighted by atomic mass is 10.1. The number of benzene rings is 1. The number of rotatable bonds is 7. The highest BCUT2D eigenvalue weighted by molar-refractivity contribution is 7.98. The third-order valence-corrected chi connectivity index (χ3v) is 4.42. The summed E-state index contributed by atoms with van der Waals surface area (Å²) in [5, 5.41) is 7.00. The molecule has 1 saturated carbocycles. The van der Waals surface area contributed by atoms with Gasteiger partial charge in [0.2, 0.25) is 0 Å². The summed E-state index contributed by atoms with van der Waals surface area (Å²) in [7, 11) is 0. The molecular formula is C17H23N3O2S. The zero-order valence-electron chi connectivity index (χ0n) is 13.4. The molecule has 1 aromatic carbocycles. The van der Waals surface area contributed by atoms with Crippen LogP contribution in [0.15, 0.2) is 35.4 Å². The zero-order chi connectivity index (χ0) is 16.5. The van der Waals surface area contributed by atoms with Gasteiger partial charge in [-0.2, -0.15) is 16.9 Å². The van der Waals surface area contributed by atoms with Crippen LogP contribution >= 0.6 is 11.8 Å². The van der Waals surface area contributed by atoms with Gasteiger partial charge in [0.1, 0.15) is 6.04 Å². The van der Waals surface area contributed by atoms with E-state index in [2.05, 4.69) is 15.8 Å². The molecular weight excluding hydrogens is 310 g/mol. The van der Waals surface area contributed by atoms with Crippen LogP contribution in [0.3, 0.4) is 0 Å². The standard InChI is InChI=1S/C17H23N3O2S/c1-23-12-11-15(17(22)20-19-14-9-5-6-10-14)18-16(21)13-7-3-2-4-8-13/h2-4,7-8,15H,5-6,9-12H2,1H3,(H,18,21)(H,20,22)/t15-/m0/s1. The summed E-state index contributed by atoms with van der Waals surface area (Å²) in [4.78, 5) is 24.6. The van der Waals surface area contributed by atoms with Gasteiger partial charge in [0, 0.05) is 11.3 Å². The molecule has 1 aliphatic carbocycles. The Balaban J connectivity index is 1.96. The van der Waals surface area contributed by atoms with Crippen molar-refractivity contribution in [2.24, 2.45) is 5.10 Å². The lowest BCUT2D eigenvalue weighted by molar-refractivity contribution is -0.123. The molecule has 0 radical (unpaired) electrons. The second-order valence-electron chi connectivity index (χ2n) is 5.53. The summed E-state index contributed by atoms with van der Waals surface area (Å²) < 4.78 is 0. The Bertz CT molecular complexity index is 552. The predicted octanol–water partition coefficient (Wildman–Crippen LogP) is 2.58. The van der Waals surface area contributed by atoms with Gasteiger partial charge in [0.15, 0.2) is 0 Å². The van der Waals surface area contributed by atoms with Crippen molar-refractivity contribution in [3.63, 3.8) is 0 Å². The van der Waals surface area contributed by atoms with Gasteiger partial charge in [-0.25, -0.2) is 5.43 Å². The summed E-state index contributed by atoms with van der Waals surface area (Å²) in [6.45, 7) is 0. The molecule has 0 saturated heterocycles. The van der Waals surface area contributed by atoms with Crippen LogP contribution in [0, 0.1) is 0 Å². The molecule has 0 bridgehead atoms. The van der Waals surface area contributed by atoms with Gasteiger partial charge in [-0.15, -0.1) is 0 Å². The maximum atomic E-state index is 12.3. The van der Waals surface area contributed by atoms with E-state index in [9.17, 15) is 9.59 Å². The first-order chi connectivity index (χ1) is 11.2. The second-order valence-corrected chi connectivity index (χ2v) is 6.52. The van der Waals surface area contributed by atoms with Crippen LogP contribution in [0.1, 0.15) is 42.5 Å². The third-order valence-electron chi connectivity index (χ3n) is 3.77. The first-order valence-corrected chi connectivity index (χ1v) is 9.30. The number of hydrogen-bond acceptors (Lipinski definition) is 4. The van der Waals surface area contributed by atoms with Crippen LogP contribution in [0.5, 0.6) is 0 Å². The number of thioether (sulfide) groups is 1. The Morgan fingerprint density at radius 3 is 2.57 bits per heavy atom. The fraction of sp³-hybridized carbons (Fsp3) is 0.471. The fourth-order valence-corrected chi connectivity index (χ4v) is 2.91. The Morgan fingerprint density at radius 2 is 1.91 bits per heavy atom. The number of amides is 2. The lowest BCUT2D eigenvalue weighted by Crippen LogP contribution is -2.46. The molecule has 0 unspecified atom stereocenters. The molecule has 1 aromatic rings. The highest BCUT2D eigenvalue weighted by atomic mass is 32.2. The van der Waals surface area contributed by atoms with E-state index in [1.54, 1.807) is 36.0 Å². The van der Waals surface area contributed by atoms with E-state index in [4.69, 9.17) is 0 Å². The van der Waals surface area contributed by atoms with Gasteiger partial charge in [-0.05, 0) is 56.2 Å². The van der Waals surface area contributed by atoms with Gasteiger partial charge < -0.3 is 5.32 Å². The van der Waals surface area contributed by atoms with E-state index in [1.165, 1.54) is 0 Å². The number of nitrogens with one attached hydrogen (secondary N) is 2. The largest absolute Gasteiger partial charge is 0.340 e. The molecule has 5 nitrogen and oxygen atoms in total. The highest BCUT2D eigenvalue weighted by Crippen LogP contribution is 2.14. The average molecular weight is 333 g/mol. The van der Waals surface area contributed by atoms with E-state index in [1.807, 2.05) is 12.3 Å². The number of hydrogen-bond donors (Lipinski definition) is 2. The first-order valence-electron chi connectivity index (χ1n) is 7.91. The zero-order valence-corrected chi connectivity index (χ0v) is 14.2. The smallest absolute Gasteiger partial charge is 0.262 e. The van der Waals surface area contributed by atoms with Crippen LogP contribution in [0.2, 0.25) is 0 Å². The van der Waals surface area contributed by atoms with Crippen LogP contribution in [-0.4, -0.2) is 35.6 Å². The predicted molar refractivity (Wildman–Crippen MR) is 94.7 cm³/mol. The second kappa shape index (κ2) is 9.35. The Labute approximate surface area is 141 Å². The quantitative estimate of drug-likeness (QED) is 0.754. The minimum absolute atomic E-state index is 0.236. The Hall–Kier alpha value is -1.82. The molecule has 2 rings (SSSR count). The van der Waals surface area contributed by atoms with E-state index in [0.717, 1.165) is 37.1 Å². The van der Waals surface area contributed by atoms with E-state index in [0.29, 0.717) is 12.0 Å². The van der Waals surface area contributed by atoms with Crippen molar-refractivity contribution in [2.75, 3.05) is 12.0 Å². The Morgan fingerprint density at radius 1 is 1.22 bits per heavy atom. The molecule has 2 N–H and O–H groups in total. The van der Waals surface area contributed by atoms with Crippen LogP contribution in [-0.2, 0) is 4.79 Å². The normalized spacial score (nSPS) is 15.1. The van der Waals surface area contributed by atoms with Crippen molar-refractivity contribution in [2.45, 2.75) is 38.1 Å². The molecule has 0 aliphatic heterocycles. The van der Waals surface area contributed by atoms with Crippen LogP contribution in [0.4, 0.5) is 0 Å². The summed E-state index contributed by atoms with van der Waals surface area (Å²) in [6.07, 6.45) is 6.73. The van der Waals surface area contributed by atoms with E-state index < -0.39 is 6.04 Å². The molecule has 1 fully saturated rings.